The maximum atomic E-state index is 12.7. The molecule has 0 saturated heterocycles. The second-order valence-corrected chi connectivity index (χ2v) is 4.14. The summed E-state index contributed by atoms with van der Waals surface area (Å²) < 4.78 is 38.4. The van der Waals surface area contributed by atoms with Crippen LogP contribution < -0.4 is 0 Å². The van der Waals surface area contributed by atoms with Crippen LogP contribution in [0.3, 0.4) is 0 Å². The van der Waals surface area contributed by atoms with E-state index in [2.05, 4.69) is 0 Å². The Morgan fingerprint density at radius 2 is 1.82 bits per heavy atom. The van der Waals surface area contributed by atoms with Crippen LogP contribution >= 0.6 is 22.6 Å². The Balaban J connectivity index is 3.49. The molecule has 0 N–H and O–H groups in total. The summed E-state index contributed by atoms with van der Waals surface area (Å²) >= 11 is 1.73. The van der Waals surface area contributed by atoms with Crippen LogP contribution in [0.4, 0.5) is 13.2 Å². The number of benzene rings is 1. The first-order valence-electron chi connectivity index (χ1n) is 4.27. The Labute approximate surface area is 109 Å². The van der Waals surface area contributed by atoms with Gasteiger partial charge in [-0.15, -0.1) is 0 Å². The van der Waals surface area contributed by atoms with Crippen LogP contribution in [0.1, 0.15) is 11.1 Å². The molecule has 0 aliphatic rings. The molecule has 0 radical (unpaired) electrons. The molecule has 0 amide bonds. The number of hydrogen-bond donors (Lipinski definition) is 0. The van der Waals surface area contributed by atoms with Crippen LogP contribution in [-0.4, -0.2) is 0 Å². The van der Waals surface area contributed by atoms with Crippen LogP contribution in [0.25, 0.3) is 6.08 Å². The number of allylic oxidation sites excluding steroid dienone is 1. The fourth-order valence-corrected chi connectivity index (χ4v) is 1.82. The molecule has 0 bridgehead atoms. The van der Waals surface area contributed by atoms with E-state index in [0.29, 0.717) is 3.57 Å². The third kappa shape index (κ3) is 3.21. The first kappa shape index (κ1) is 13.5. The van der Waals surface area contributed by atoms with E-state index in [4.69, 9.17) is 10.5 Å². The minimum Gasteiger partial charge on any atom is -0.192 e. The van der Waals surface area contributed by atoms with Gasteiger partial charge in [0, 0.05) is 9.13 Å². The smallest absolute Gasteiger partial charge is 0.192 e. The highest BCUT2D eigenvalue weighted by molar-refractivity contribution is 14.1. The third-order valence-electron chi connectivity index (χ3n) is 1.89. The molecular weight excluding hydrogens is 344 g/mol. The Morgan fingerprint density at radius 1 is 1.24 bits per heavy atom. The molecule has 0 aromatic heterocycles. The van der Waals surface area contributed by atoms with Crippen LogP contribution in [0, 0.1) is 26.2 Å². The molecule has 1 aromatic rings. The summed E-state index contributed by atoms with van der Waals surface area (Å²) in [4.78, 5) is 0. The van der Waals surface area contributed by atoms with E-state index in [1.807, 2.05) is 0 Å². The molecule has 0 saturated carbocycles. The van der Waals surface area contributed by atoms with E-state index in [0.717, 1.165) is 12.1 Å². The predicted molar refractivity (Wildman–Crippen MR) is 63.4 cm³/mol. The molecule has 0 atom stereocenters. The van der Waals surface area contributed by atoms with E-state index < -0.39 is 11.7 Å². The average molecular weight is 348 g/mol. The first-order chi connectivity index (χ1) is 7.90. The Hall–Kier alpha value is -1.54. The highest BCUT2D eigenvalue weighted by Crippen LogP contribution is 2.34. The largest absolute Gasteiger partial charge is 0.417 e. The van der Waals surface area contributed by atoms with E-state index in [1.54, 1.807) is 22.6 Å². The van der Waals surface area contributed by atoms with Gasteiger partial charge in [0.25, 0.3) is 0 Å². The van der Waals surface area contributed by atoms with Gasteiger partial charge in [0.05, 0.1) is 5.56 Å². The Kier molecular flexibility index (Phi) is 4.13. The van der Waals surface area contributed by atoms with Gasteiger partial charge in [-0.25, -0.2) is 0 Å². The fraction of sp³-hybridized carbons (Fsp3) is 0.0909. The molecule has 17 heavy (non-hydrogen) atoms. The zero-order valence-electron chi connectivity index (χ0n) is 8.22. The number of alkyl halides is 3. The lowest BCUT2D eigenvalue weighted by Crippen LogP contribution is -2.08. The summed E-state index contributed by atoms with van der Waals surface area (Å²) in [7, 11) is 0. The maximum Gasteiger partial charge on any atom is 0.417 e. The summed E-state index contributed by atoms with van der Waals surface area (Å²) in [6.45, 7) is 0. The van der Waals surface area contributed by atoms with Gasteiger partial charge in [-0.1, -0.05) is 6.07 Å². The molecule has 0 fully saturated rings. The minimum atomic E-state index is -4.51. The van der Waals surface area contributed by atoms with Gasteiger partial charge in [0.15, 0.2) is 0 Å². The molecule has 0 aliphatic heterocycles. The van der Waals surface area contributed by atoms with E-state index in [9.17, 15) is 13.2 Å². The fourth-order valence-electron chi connectivity index (χ4n) is 1.16. The molecular formula is C11H4F3IN2. The lowest BCUT2D eigenvalue weighted by molar-refractivity contribution is -0.137. The molecule has 6 heteroatoms. The van der Waals surface area contributed by atoms with Crippen molar-refractivity contribution in [3.05, 3.63) is 38.5 Å². The summed E-state index contributed by atoms with van der Waals surface area (Å²) in [6.07, 6.45) is -3.56. The Morgan fingerprint density at radius 3 is 2.29 bits per heavy atom. The zero-order chi connectivity index (χ0) is 13.1. The van der Waals surface area contributed by atoms with Crippen molar-refractivity contribution in [2.45, 2.75) is 6.18 Å². The Bertz CT molecular complexity index is 531. The van der Waals surface area contributed by atoms with Crippen molar-refractivity contribution in [1.29, 1.82) is 10.5 Å². The predicted octanol–water partition coefficient (Wildman–Crippen LogP) is 3.74. The molecule has 0 unspecified atom stereocenters. The highest BCUT2D eigenvalue weighted by Gasteiger charge is 2.33. The summed E-state index contributed by atoms with van der Waals surface area (Å²) in [5, 5.41) is 17.1. The van der Waals surface area contributed by atoms with Crippen molar-refractivity contribution in [3.63, 3.8) is 0 Å². The lowest BCUT2D eigenvalue weighted by Gasteiger charge is -2.11. The van der Waals surface area contributed by atoms with Gasteiger partial charge in [-0.2, -0.15) is 23.7 Å². The van der Waals surface area contributed by atoms with Crippen molar-refractivity contribution >= 4 is 28.7 Å². The van der Waals surface area contributed by atoms with Gasteiger partial charge in [0.2, 0.25) is 0 Å². The van der Waals surface area contributed by atoms with Crippen molar-refractivity contribution in [2.24, 2.45) is 0 Å². The van der Waals surface area contributed by atoms with Crippen LogP contribution in [0.5, 0.6) is 0 Å². The van der Waals surface area contributed by atoms with Crippen molar-refractivity contribution in [1.82, 2.24) is 0 Å². The monoisotopic (exact) mass is 348 g/mol. The lowest BCUT2D eigenvalue weighted by atomic mass is 10.0. The standard InChI is InChI=1S/C11H4F3IN2/c12-11(13,14)9-2-1-3-10(15)8(9)4-7(5-16)6-17/h1-4H. The molecule has 0 heterocycles. The maximum absolute atomic E-state index is 12.7. The van der Waals surface area contributed by atoms with E-state index >= 15 is 0 Å². The number of nitriles is 2. The zero-order valence-corrected chi connectivity index (χ0v) is 10.4. The average Bonchev–Trinajstić information content (AvgIpc) is 2.26. The van der Waals surface area contributed by atoms with Gasteiger partial charge < -0.3 is 0 Å². The topological polar surface area (TPSA) is 47.6 Å². The number of halogens is 4. The normalized spacial score (nSPS) is 10.2. The molecule has 2 nitrogen and oxygen atoms in total. The van der Waals surface area contributed by atoms with E-state index in [1.165, 1.54) is 24.3 Å². The molecule has 86 valence electrons. The van der Waals surface area contributed by atoms with Gasteiger partial charge in [-0.05, 0) is 40.8 Å². The highest BCUT2D eigenvalue weighted by atomic mass is 127. The number of hydrogen-bond acceptors (Lipinski definition) is 2. The second-order valence-electron chi connectivity index (χ2n) is 2.98. The minimum absolute atomic E-state index is 0.154. The van der Waals surface area contributed by atoms with Gasteiger partial charge in [0.1, 0.15) is 17.7 Å². The molecule has 0 aliphatic carbocycles. The SMILES string of the molecule is N#CC(C#N)=Cc1c(I)cccc1C(F)(F)F. The van der Waals surface area contributed by atoms with Crippen LogP contribution in [0.2, 0.25) is 0 Å². The third-order valence-corrected chi connectivity index (χ3v) is 2.83. The van der Waals surface area contributed by atoms with Crippen molar-refractivity contribution in [3.8, 4) is 12.1 Å². The van der Waals surface area contributed by atoms with Crippen molar-refractivity contribution < 1.29 is 13.2 Å². The molecule has 1 aromatic carbocycles. The van der Waals surface area contributed by atoms with Crippen molar-refractivity contribution in [2.75, 3.05) is 0 Å². The number of rotatable bonds is 1. The summed E-state index contributed by atoms with van der Waals surface area (Å²) in [5.41, 5.74) is -1.37. The summed E-state index contributed by atoms with van der Waals surface area (Å²) in [5.74, 6) is 0. The molecule has 0 spiro atoms. The quantitative estimate of drug-likeness (QED) is 0.573. The first-order valence-corrected chi connectivity index (χ1v) is 5.35. The van der Waals surface area contributed by atoms with Gasteiger partial charge in [-0.3, -0.25) is 0 Å². The summed E-state index contributed by atoms with van der Waals surface area (Å²) in [6, 6.07) is 6.75. The number of nitrogens with zero attached hydrogens (tertiary/aromatic N) is 2. The molecule has 1 rings (SSSR count). The second kappa shape index (κ2) is 5.19. The van der Waals surface area contributed by atoms with E-state index in [-0.39, 0.29) is 11.1 Å². The van der Waals surface area contributed by atoms with Crippen LogP contribution in [0.15, 0.2) is 23.8 Å². The van der Waals surface area contributed by atoms with Gasteiger partial charge >= 0.3 is 6.18 Å². The van der Waals surface area contributed by atoms with Crippen LogP contribution in [-0.2, 0) is 6.18 Å².